The summed E-state index contributed by atoms with van der Waals surface area (Å²) >= 11 is 0. The van der Waals surface area contributed by atoms with Crippen LogP contribution in [0, 0.1) is 0 Å². The van der Waals surface area contributed by atoms with E-state index in [0.717, 1.165) is 43.2 Å². The summed E-state index contributed by atoms with van der Waals surface area (Å²) in [6, 6.07) is 6.05. The zero-order valence-corrected chi connectivity index (χ0v) is 15.5. The standard InChI is InChI=1S/C20H31NO3/c1-5-8-18-9-10-19(20(13-18)22-4)23-12-7-6-11-21-14-16(2)24-17(3)15-21/h5,8-10,13,16-17H,6-7,11-12,14-15H2,1-4H3/p+1/b8-5+/t16-,17-/m1/s1. The molecule has 1 saturated heterocycles. The topological polar surface area (TPSA) is 32.1 Å². The van der Waals surface area contributed by atoms with Crippen molar-refractivity contribution in [1.29, 1.82) is 0 Å². The minimum atomic E-state index is 0.375. The van der Waals surface area contributed by atoms with E-state index in [-0.39, 0.29) is 0 Å². The Morgan fingerprint density at radius 3 is 2.58 bits per heavy atom. The molecule has 4 heteroatoms. The Morgan fingerprint density at radius 1 is 1.17 bits per heavy atom. The molecule has 1 aliphatic heterocycles. The second kappa shape index (κ2) is 9.70. The molecule has 0 radical (unpaired) electrons. The van der Waals surface area contributed by atoms with Gasteiger partial charge in [-0.3, -0.25) is 0 Å². The lowest BCUT2D eigenvalue weighted by Gasteiger charge is -2.32. The predicted molar refractivity (Wildman–Crippen MR) is 98.0 cm³/mol. The van der Waals surface area contributed by atoms with Crippen molar-refractivity contribution in [2.45, 2.75) is 45.8 Å². The molecule has 1 heterocycles. The molecule has 1 N–H and O–H groups in total. The van der Waals surface area contributed by atoms with Gasteiger partial charge in [0.15, 0.2) is 11.5 Å². The molecule has 1 aromatic carbocycles. The van der Waals surface area contributed by atoms with E-state index in [0.29, 0.717) is 12.2 Å². The van der Waals surface area contributed by atoms with E-state index in [1.165, 1.54) is 13.0 Å². The molecule has 24 heavy (non-hydrogen) atoms. The van der Waals surface area contributed by atoms with Gasteiger partial charge in [0.2, 0.25) is 0 Å². The summed E-state index contributed by atoms with van der Waals surface area (Å²) in [5, 5.41) is 0. The summed E-state index contributed by atoms with van der Waals surface area (Å²) in [4.78, 5) is 1.65. The zero-order chi connectivity index (χ0) is 17.4. The van der Waals surface area contributed by atoms with Crippen LogP contribution >= 0.6 is 0 Å². The fourth-order valence-electron chi connectivity index (χ4n) is 3.35. The number of allylic oxidation sites excluding steroid dienone is 1. The van der Waals surface area contributed by atoms with E-state index >= 15 is 0 Å². The summed E-state index contributed by atoms with van der Waals surface area (Å²) in [6.45, 7) is 10.5. The minimum Gasteiger partial charge on any atom is -0.493 e. The normalized spacial score (nSPS) is 24.2. The van der Waals surface area contributed by atoms with Gasteiger partial charge in [0.25, 0.3) is 0 Å². The largest absolute Gasteiger partial charge is 0.493 e. The molecule has 1 aromatic rings. The van der Waals surface area contributed by atoms with E-state index in [4.69, 9.17) is 14.2 Å². The first-order valence-electron chi connectivity index (χ1n) is 9.05. The molecule has 0 aromatic heterocycles. The molecule has 0 aliphatic carbocycles. The minimum absolute atomic E-state index is 0.375. The average Bonchev–Trinajstić information content (AvgIpc) is 2.55. The van der Waals surface area contributed by atoms with Gasteiger partial charge in [-0.2, -0.15) is 0 Å². The third kappa shape index (κ3) is 5.84. The number of methoxy groups -OCH3 is 1. The molecular weight excluding hydrogens is 302 g/mol. The number of morpholine rings is 1. The molecule has 1 fully saturated rings. The first kappa shape index (κ1) is 18.8. The maximum atomic E-state index is 5.91. The number of hydrogen-bond acceptors (Lipinski definition) is 3. The SMILES string of the molecule is C/C=C/c1ccc(OCCCC[NH+]2C[C@@H](C)O[C@H](C)C2)c(OC)c1. The summed E-state index contributed by atoms with van der Waals surface area (Å²) in [5.74, 6) is 1.62. The van der Waals surface area contributed by atoms with Crippen molar-refractivity contribution in [2.24, 2.45) is 0 Å². The smallest absolute Gasteiger partial charge is 0.161 e. The van der Waals surface area contributed by atoms with Crippen LogP contribution in [0.25, 0.3) is 6.08 Å². The Labute approximate surface area is 146 Å². The quantitative estimate of drug-likeness (QED) is 0.742. The Hall–Kier alpha value is -1.52. The second-order valence-electron chi connectivity index (χ2n) is 6.63. The Balaban J connectivity index is 1.72. The van der Waals surface area contributed by atoms with Gasteiger partial charge in [-0.25, -0.2) is 0 Å². The zero-order valence-electron chi connectivity index (χ0n) is 15.5. The second-order valence-corrected chi connectivity index (χ2v) is 6.63. The van der Waals surface area contributed by atoms with Crippen LogP contribution in [0.1, 0.15) is 39.2 Å². The predicted octanol–water partition coefficient (Wildman–Crippen LogP) is 2.58. The molecule has 0 saturated carbocycles. The van der Waals surface area contributed by atoms with Crippen LogP contribution in [0.15, 0.2) is 24.3 Å². The number of ether oxygens (including phenoxy) is 3. The Morgan fingerprint density at radius 2 is 1.92 bits per heavy atom. The number of unbranched alkanes of at least 4 members (excludes halogenated alkanes) is 1. The molecule has 2 rings (SSSR count). The first-order valence-corrected chi connectivity index (χ1v) is 9.05. The van der Waals surface area contributed by atoms with Crippen LogP contribution in [0.2, 0.25) is 0 Å². The van der Waals surface area contributed by atoms with Crippen molar-refractivity contribution in [1.82, 2.24) is 0 Å². The average molecular weight is 334 g/mol. The number of quaternary nitrogens is 1. The van der Waals surface area contributed by atoms with E-state index in [2.05, 4.69) is 26.0 Å². The lowest BCUT2D eigenvalue weighted by atomic mass is 10.2. The number of rotatable bonds is 8. The van der Waals surface area contributed by atoms with E-state index in [1.807, 2.05) is 25.1 Å². The molecule has 1 aliphatic rings. The lowest BCUT2D eigenvalue weighted by Crippen LogP contribution is -3.15. The van der Waals surface area contributed by atoms with Crippen molar-refractivity contribution in [3.63, 3.8) is 0 Å². The van der Waals surface area contributed by atoms with Crippen LogP contribution in [-0.4, -0.2) is 45.6 Å². The molecule has 4 nitrogen and oxygen atoms in total. The molecule has 2 atom stereocenters. The summed E-state index contributed by atoms with van der Waals surface area (Å²) in [5.41, 5.74) is 1.13. The lowest BCUT2D eigenvalue weighted by molar-refractivity contribution is -0.915. The van der Waals surface area contributed by atoms with Crippen LogP contribution in [0.4, 0.5) is 0 Å². The van der Waals surface area contributed by atoms with E-state index < -0.39 is 0 Å². The van der Waals surface area contributed by atoms with Gasteiger partial charge in [0.05, 0.1) is 20.3 Å². The molecule has 0 spiro atoms. The highest BCUT2D eigenvalue weighted by Gasteiger charge is 2.24. The van der Waals surface area contributed by atoms with E-state index in [1.54, 1.807) is 12.0 Å². The van der Waals surface area contributed by atoms with Gasteiger partial charge >= 0.3 is 0 Å². The summed E-state index contributed by atoms with van der Waals surface area (Å²) in [7, 11) is 1.69. The molecule has 134 valence electrons. The Kier molecular flexibility index (Phi) is 7.60. The van der Waals surface area contributed by atoms with Crippen molar-refractivity contribution >= 4 is 6.08 Å². The molecular formula is C20H32NO3+. The van der Waals surface area contributed by atoms with Gasteiger partial charge < -0.3 is 19.1 Å². The third-order valence-electron chi connectivity index (χ3n) is 4.35. The summed E-state index contributed by atoms with van der Waals surface area (Å²) < 4.78 is 17.1. The van der Waals surface area contributed by atoms with Crippen molar-refractivity contribution in [3.8, 4) is 11.5 Å². The highest BCUT2D eigenvalue weighted by atomic mass is 16.5. The van der Waals surface area contributed by atoms with Crippen molar-refractivity contribution in [3.05, 3.63) is 29.8 Å². The van der Waals surface area contributed by atoms with Crippen LogP contribution in [0.5, 0.6) is 11.5 Å². The van der Waals surface area contributed by atoms with Gasteiger partial charge in [-0.05, 0) is 51.3 Å². The molecule has 0 bridgehead atoms. The highest BCUT2D eigenvalue weighted by Crippen LogP contribution is 2.28. The monoisotopic (exact) mass is 334 g/mol. The fraction of sp³-hybridized carbons (Fsp3) is 0.600. The fourth-order valence-corrected chi connectivity index (χ4v) is 3.35. The number of hydrogen-bond donors (Lipinski definition) is 1. The number of benzene rings is 1. The Bertz CT molecular complexity index is 520. The van der Waals surface area contributed by atoms with Gasteiger partial charge in [-0.1, -0.05) is 18.2 Å². The number of nitrogens with one attached hydrogen (secondary N) is 1. The maximum Gasteiger partial charge on any atom is 0.161 e. The van der Waals surface area contributed by atoms with Crippen LogP contribution in [-0.2, 0) is 4.74 Å². The van der Waals surface area contributed by atoms with Crippen molar-refractivity contribution < 1.29 is 19.1 Å². The molecule has 0 unspecified atom stereocenters. The highest BCUT2D eigenvalue weighted by molar-refractivity contribution is 5.55. The van der Waals surface area contributed by atoms with Gasteiger partial charge in [-0.15, -0.1) is 0 Å². The van der Waals surface area contributed by atoms with Crippen LogP contribution in [0.3, 0.4) is 0 Å². The van der Waals surface area contributed by atoms with Gasteiger partial charge in [0.1, 0.15) is 25.3 Å². The maximum absolute atomic E-state index is 5.91. The molecule has 0 amide bonds. The van der Waals surface area contributed by atoms with Gasteiger partial charge in [0, 0.05) is 0 Å². The van der Waals surface area contributed by atoms with Crippen molar-refractivity contribution in [2.75, 3.05) is 33.4 Å². The van der Waals surface area contributed by atoms with E-state index in [9.17, 15) is 0 Å². The third-order valence-corrected chi connectivity index (χ3v) is 4.35. The van der Waals surface area contributed by atoms with Crippen LogP contribution < -0.4 is 14.4 Å². The first-order chi connectivity index (χ1) is 11.6. The summed E-state index contributed by atoms with van der Waals surface area (Å²) in [6.07, 6.45) is 7.06.